The van der Waals surface area contributed by atoms with Crippen molar-refractivity contribution in [3.63, 3.8) is 0 Å². The third kappa shape index (κ3) is 9.81. The van der Waals surface area contributed by atoms with Crippen molar-refractivity contribution in [2.24, 2.45) is 17.3 Å². The van der Waals surface area contributed by atoms with Crippen LogP contribution >= 0.6 is 11.6 Å². The molecular formula is C36H45ClN2O8. The van der Waals surface area contributed by atoms with Gasteiger partial charge in [0.1, 0.15) is 24.0 Å². The van der Waals surface area contributed by atoms with Crippen LogP contribution in [0.4, 0.5) is 0 Å². The molecule has 254 valence electrons. The van der Waals surface area contributed by atoms with Gasteiger partial charge >= 0.3 is 11.9 Å². The molecule has 1 fully saturated rings. The first-order valence-electron chi connectivity index (χ1n) is 16.0. The number of benzene rings is 2. The molecule has 1 saturated heterocycles. The van der Waals surface area contributed by atoms with Crippen molar-refractivity contribution in [3.05, 3.63) is 76.8 Å². The number of rotatable bonds is 8. The highest BCUT2D eigenvalue weighted by Crippen LogP contribution is 2.45. The van der Waals surface area contributed by atoms with Crippen molar-refractivity contribution in [2.45, 2.75) is 84.3 Å². The summed E-state index contributed by atoms with van der Waals surface area (Å²) in [6, 6.07) is 13.9. The van der Waals surface area contributed by atoms with Crippen molar-refractivity contribution in [1.29, 1.82) is 0 Å². The first-order chi connectivity index (χ1) is 22.3. The quantitative estimate of drug-likeness (QED) is 0.293. The number of hydrogen-bond acceptors (Lipinski definition) is 8. The Bertz CT molecular complexity index is 1460. The average Bonchev–Trinajstić information content (AvgIpc) is 3.83. The molecule has 10 nitrogen and oxygen atoms in total. The molecule has 2 aromatic carbocycles. The summed E-state index contributed by atoms with van der Waals surface area (Å²) in [7, 11) is 1.51. The second-order valence-electron chi connectivity index (χ2n) is 13.3. The van der Waals surface area contributed by atoms with E-state index in [9.17, 15) is 19.2 Å². The van der Waals surface area contributed by atoms with Crippen LogP contribution in [0.5, 0.6) is 5.75 Å². The van der Waals surface area contributed by atoms with Crippen LogP contribution in [0, 0.1) is 17.3 Å². The van der Waals surface area contributed by atoms with Crippen molar-refractivity contribution in [1.82, 2.24) is 10.6 Å². The molecule has 11 heteroatoms. The van der Waals surface area contributed by atoms with Crippen LogP contribution < -0.4 is 15.4 Å². The van der Waals surface area contributed by atoms with Gasteiger partial charge in [-0.25, -0.2) is 4.79 Å². The minimum absolute atomic E-state index is 0.0228. The van der Waals surface area contributed by atoms with Crippen molar-refractivity contribution >= 4 is 35.4 Å². The number of esters is 2. The van der Waals surface area contributed by atoms with Crippen LogP contribution in [0.3, 0.4) is 0 Å². The van der Waals surface area contributed by atoms with Gasteiger partial charge in [-0.1, -0.05) is 74.8 Å². The summed E-state index contributed by atoms with van der Waals surface area (Å²) in [5.74, 6) is -2.06. The number of nitrogens with one attached hydrogen (secondary N) is 2. The van der Waals surface area contributed by atoms with Crippen LogP contribution in [0.2, 0.25) is 5.02 Å². The van der Waals surface area contributed by atoms with Gasteiger partial charge in [0.05, 0.1) is 23.7 Å². The average molecular weight is 669 g/mol. The van der Waals surface area contributed by atoms with Gasteiger partial charge in [0, 0.05) is 25.3 Å². The lowest BCUT2D eigenvalue weighted by atomic mass is 9.92. The minimum atomic E-state index is -1.20. The van der Waals surface area contributed by atoms with E-state index < -0.39 is 47.4 Å². The van der Waals surface area contributed by atoms with E-state index in [-0.39, 0.29) is 49.9 Å². The molecule has 0 bridgehead atoms. The number of hydrogen-bond donors (Lipinski definition) is 2. The number of carbonyl (C=O) groups excluding carboxylic acids is 4. The summed E-state index contributed by atoms with van der Waals surface area (Å²) in [4.78, 5) is 53.6. The van der Waals surface area contributed by atoms with Crippen molar-refractivity contribution in [3.8, 4) is 5.75 Å². The van der Waals surface area contributed by atoms with E-state index in [0.29, 0.717) is 16.3 Å². The summed E-state index contributed by atoms with van der Waals surface area (Å²) in [6.45, 7) is 8.92. The number of epoxide rings is 1. The number of methoxy groups -OCH3 is 1. The molecule has 0 saturated carbocycles. The smallest absolute Gasteiger partial charge is 0.347 e. The second kappa shape index (κ2) is 15.8. The fourth-order valence-corrected chi connectivity index (χ4v) is 5.75. The van der Waals surface area contributed by atoms with Gasteiger partial charge < -0.3 is 29.6 Å². The monoisotopic (exact) mass is 668 g/mol. The zero-order valence-electron chi connectivity index (χ0n) is 27.8. The summed E-state index contributed by atoms with van der Waals surface area (Å²) in [6.07, 6.45) is 1.34. The van der Waals surface area contributed by atoms with E-state index in [1.54, 1.807) is 38.1 Å². The van der Waals surface area contributed by atoms with Crippen LogP contribution in [0.1, 0.15) is 64.7 Å². The SMILES string of the molecule is COc1ccc(C[C@H]2NC(=O)C=CC[C@H](C(C)[C@H]3OC3c3ccccc3)OC(=O)[C@H](CC(C)C)OC(=O)C(C)(C)CNC2=O)cc1Cl. The highest BCUT2D eigenvalue weighted by atomic mass is 35.5. The van der Waals surface area contributed by atoms with Gasteiger partial charge in [0.2, 0.25) is 11.8 Å². The van der Waals surface area contributed by atoms with Crippen molar-refractivity contribution < 1.29 is 38.1 Å². The first-order valence-corrected chi connectivity index (χ1v) is 16.4. The second-order valence-corrected chi connectivity index (χ2v) is 13.7. The first kappa shape index (κ1) is 36.0. The molecule has 2 unspecified atom stereocenters. The summed E-state index contributed by atoms with van der Waals surface area (Å²) >= 11 is 6.32. The Labute approximate surface area is 281 Å². The fourth-order valence-electron chi connectivity index (χ4n) is 5.46. The zero-order chi connectivity index (χ0) is 34.3. The lowest BCUT2D eigenvalue weighted by Gasteiger charge is -2.29. The molecule has 2 aromatic rings. The molecule has 2 aliphatic rings. The molecule has 2 N–H and O–H groups in total. The molecule has 6 atom stereocenters. The van der Waals surface area contributed by atoms with Crippen LogP contribution in [0.15, 0.2) is 60.7 Å². The molecule has 0 radical (unpaired) electrons. The number of ether oxygens (including phenoxy) is 4. The molecule has 0 aromatic heterocycles. The highest BCUT2D eigenvalue weighted by molar-refractivity contribution is 6.32. The molecule has 47 heavy (non-hydrogen) atoms. The summed E-state index contributed by atoms with van der Waals surface area (Å²) in [5.41, 5.74) is 0.524. The number of halogens is 1. The largest absolute Gasteiger partial charge is 0.495 e. The van der Waals surface area contributed by atoms with Gasteiger partial charge in [0.25, 0.3) is 0 Å². The molecule has 2 amide bonds. The van der Waals surface area contributed by atoms with E-state index in [0.717, 1.165) is 5.56 Å². The van der Waals surface area contributed by atoms with Gasteiger partial charge in [-0.15, -0.1) is 0 Å². The normalized spacial score (nSPS) is 26.1. The fraction of sp³-hybridized carbons (Fsp3) is 0.500. The summed E-state index contributed by atoms with van der Waals surface area (Å²) < 4.78 is 23.1. The molecule has 0 spiro atoms. The van der Waals surface area contributed by atoms with Gasteiger partial charge in [-0.3, -0.25) is 14.4 Å². The predicted molar refractivity (Wildman–Crippen MR) is 177 cm³/mol. The Morgan fingerprint density at radius 1 is 1.02 bits per heavy atom. The maximum Gasteiger partial charge on any atom is 0.347 e. The highest BCUT2D eigenvalue weighted by Gasteiger charge is 2.48. The van der Waals surface area contributed by atoms with Gasteiger partial charge in [0.15, 0.2) is 6.10 Å². The zero-order valence-corrected chi connectivity index (χ0v) is 28.5. The standard InChI is InChI=1S/C36H45ClN2O8/c1-21(2)17-29-34(42)45-27(22(3)31-32(47-31)24-11-8-7-9-12-24)13-10-14-30(40)39-26(19-23-15-16-28(44-6)25(37)18-23)33(41)38-20-36(4,5)35(43)46-29/h7-12,14-16,18,21-22,26-27,29,31-32H,13,17,19-20H2,1-6H3,(H,38,41)(H,39,40)/t22?,26-,27-,29+,31-,32?/m1/s1. The molecule has 0 aliphatic carbocycles. The summed E-state index contributed by atoms with van der Waals surface area (Å²) in [5, 5.41) is 5.91. The lowest BCUT2D eigenvalue weighted by molar-refractivity contribution is -0.179. The number of cyclic esters (lactones) is 2. The Kier molecular flexibility index (Phi) is 12.1. The Hall–Kier alpha value is -3.89. The predicted octanol–water partition coefficient (Wildman–Crippen LogP) is 5.12. The molecule has 4 rings (SSSR count). The lowest BCUT2D eigenvalue weighted by Crippen LogP contribution is -2.51. The number of amides is 2. The Balaban J connectivity index is 1.61. The van der Waals surface area contributed by atoms with E-state index in [1.807, 2.05) is 51.1 Å². The number of carbonyl (C=O) groups is 4. The van der Waals surface area contributed by atoms with E-state index in [1.165, 1.54) is 13.2 Å². The van der Waals surface area contributed by atoms with Crippen molar-refractivity contribution in [2.75, 3.05) is 13.7 Å². The third-order valence-electron chi connectivity index (χ3n) is 8.41. The molecule has 2 heterocycles. The van der Waals surface area contributed by atoms with Gasteiger partial charge in [-0.2, -0.15) is 0 Å². The maximum absolute atomic E-state index is 13.6. The molecular weight excluding hydrogens is 624 g/mol. The van der Waals surface area contributed by atoms with Gasteiger partial charge in [-0.05, 0) is 55.5 Å². The Morgan fingerprint density at radius 2 is 1.74 bits per heavy atom. The topological polar surface area (TPSA) is 133 Å². The van der Waals surface area contributed by atoms with Crippen LogP contribution in [-0.4, -0.2) is 61.8 Å². The van der Waals surface area contributed by atoms with Crippen LogP contribution in [-0.2, 0) is 39.8 Å². The maximum atomic E-state index is 13.6. The third-order valence-corrected chi connectivity index (χ3v) is 8.70. The van der Waals surface area contributed by atoms with E-state index >= 15 is 0 Å². The van der Waals surface area contributed by atoms with E-state index in [4.69, 9.17) is 30.5 Å². The Morgan fingerprint density at radius 3 is 2.40 bits per heavy atom. The minimum Gasteiger partial charge on any atom is -0.495 e. The molecule has 2 aliphatic heterocycles. The van der Waals surface area contributed by atoms with Crippen LogP contribution in [0.25, 0.3) is 0 Å². The van der Waals surface area contributed by atoms with E-state index in [2.05, 4.69) is 10.6 Å².